The molecule has 0 fully saturated rings. The lowest BCUT2D eigenvalue weighted by molar-refractivity contribution is 0.0951. The summed E-state index contributed by atoms with van der Waals surface area (Å²) in [4.78, 5) is 32.1. The molecular weight excluding hydrogens is 368 g/mol. The Morgan fingerprint density at radius 2 is 2.12 bits per heavy atom. The van der Waals surface area contributed by atoms with Gasteiger partial charge in [0.2, 0.25) is 0 Å². The lowest BCUT2D eigenvalue weighted by Crippen LogP contribution is -2.23. The zero-order chi connectivity index (χ0) is 18.3. The standard InChI is InChI=1S/C18H14N4O2S2/c1-22-17(24)11-7-6-10(8-13(11)21-18(22)25)16(23)19-9-15-20-12-4-2-3-5-14(12)26-15/h2-8H,9H2,1H3,(H,19,23)(H,21,25). The predicted molar refractivity (Wildman–Crippen MR) is 105 cm³/mol. The van der Waals surface area contributed by atoms with Crippen molar-refractivity contribution in [3.8, 4) is 0 Å². The van der Waals surface area contributed by atoms with Gasteiger partial charge in [-0.3, -0.25) is 14.2 Å². The molecule has 0 saturated heterocycles. The number of H-pyrrole nitrogens is 1. The highest BCUT2D eigenvalue weighted by atomic mass is 32.1. The molecule has 130 valence electrons. The Balaban J connectivity index is 1.58. The van der Waals surface area contributed by atoms with Crippen molar-refractivity contribution in [2.24, 2.45) is 7.05 Å². The average Bonchev–Trinajstić information content (AvgIpc) is 3.07. The van der Waals surface area contributed by atoms with E-state index in [4.69, 9.17) is 12.2 Å². The number of para-hydroxylation sites is 1. The number of nitrogens with zero attached hydrogens (tertiary/aromatic N) is 2. The van der Waals surface area contributed by atoms with Crippen LogP contribution in [-0.4, -0.2) is 20.4 Å². The number of carbonyl (C=O) groups excluding carboxylic acids is 1. The van der Waals surface area contributed by atoms with E-state index >= 15 is 0 Å². The number of thiazole rings is 1. The highest BCUT2D eigenvalue weighted by Gasteiger charge is 2.10. The summed E-state index contributed by atoms with van der Waals surface area (Å²) < 4.78 is 2.77. The maximum absolute atomic E-state index is 12.5. The number of hydrogen-bond donors (Lipinski definition) is 2. The highest BCUT2D eigenvalue weighted by Crippen LogP contribution is 2.21. The first kappa shape index (κ1) is 16.6. The number of aromatic amines is 1. The fourth-order valence-electron chi connectivity index (χ4n) is 2.70. The van der Waals surface area contributed by atoms with E-state index in [1.807, 2.05) is 24.3 Å². The summed E-state index contributed by atoms with van der Waals surface area (Å²) in [5.41, 5.74) is 1.74. The molecule has 0 aliphatic carbocycles. The Morgan fingerprint density at radius 1 is 1.31 bits per heavy atom. The largest absolute Gasteiger partial charge is 0.346 e. The molecule has 6 nitrogen and oxygen atoms in total. The first-order chi connectivity index (χ1) is 12.5. The molecule has 0 radical (unpaired) electrons. The first-order valence-corrected chi connectivity index (χ1v) is 9.11. The molecule has 0 unspecified atom stereocenters. The second-order valence-corrected chi connectivity index (χ2v) is 7.31. The zero-order valence-corrected chi connectivity index (χ0v) is 15.4. The molecule has 0 aliphatic rings. The highest BCUT2D eigenvalue weighted by molar-refractivity contribution is 7.71. The number of rotatable bonds is 3. The molecule has 2 N–H and O–H groups in total. The van der Waals surface area contributed by atoms with E-state index in [2.05, 4.69) is 15.3 Å². The van der Waals surface area contributed by atoms with Crippen molar-refractivity contribution < 1.29 is 4.79 Å². The van der Waals surface area contributed by atoms with Gasteiger partial charge in [-0.15, -0.1) is 11.3 Å². The Morgan fingerprint density at radius 3 is 2.92 bits per heavy atom. The fraction of sp³-hybridized carbons (Fsp3) is 0.111. The zero-order valence-electron chi connectivity index (χ0n) is 13.8. The van der Waals surface area contributed by atoms with Crippen molar-refractivity contribution in [3.05, 3.63) is 68.2 Å². The number of benzene rings is 2. The minimum Gasteiger partial charge on any atom is -0.346 e. The van der Waals surface area contributed by atoms with Crippen LogP contribution < -0.4 is 10.9 Å². The lowest BCUT2D eigenvalue weighted by Gasteiger charge is -2.06. The summed E-state index contributed by atoms with van der Waals surface area (Å²) in [6, 6.07) is 12.8. The number of fused-ring (bicyclic) bond motifs is 2. The smallest absolute Gasteiger partial charge is 0.261 e. The number of nitrogens with one attached hydrogen (secondary N) is 2. The molecule has 0 atom stereocenters. The van der Waals surface area contributed by atoms with Crippen LogP contribution in [0, 0.1) is 4.77 Å². The van der Waals surface area contributed by atoms with Crippen LogP contribution in [0.4, 0.5) is 0 Å². The van der Waals surface area contributed by atoms with E-state index in [9.17, 15) is 9.59 Å². The van der Waals surface area contributed by atoms with Gasteiger partial charge in [-0.05, 0) is 42.5 Å². The van der Waals surface area contributed by atoms with Crippen LogP contribution in [0.1, 0.15) is 15.4 Å². The van der Waals surface area contributed by atoms with Crippen molar-refractivity contribution in [3.63, 3.8) is 0 Å². The van der Waals surface area contributed by atoms with Gasteiger partial charge in [-0.2, -0.15) is 0 Å². The molecule has 4 aromatic rings. The van der Waals surface area contributed by atoms with E-state index in [0.29, 0.717) is 27.8 Å². The van der Waals surface area contributed by atoms with Crippen LogP contribution >= 0.6 is 23.6 Å². The van der Waals surface area contributed by atoms with Crippen molar-refractivity contribution in [2.75, 3.05) is 0 Å². The molecule has 4 rings (SSSR count). The number of aromatic nitrogens is 3. The van der Waals surface area contributed by atoms with Crippen molar-refractivity contribution in [1.29, 1.82) is 0 Å². The molecule has 0 aliphatic heterocycles. The average molecular weight is 382 g/mol. The molecule has 8 heteroatoms. The molecule has 26 heavy (non-hydrogen) atoms. The lowest BCUT2D eigenvalue weighted by atomic mass is 10.1. The Hall–Kier alpha value is -2.84. The number of hydrogen-bond acceptors (Lipinski definition) is 5. The third-order valence-electron chi connectivity index (χ3n) is 4.10. The Bertz CT molecular complexity index is 1240. The Kier molecular flexibility index (Phi) is 4.14. The molecule has 2 aromatic carbocycles. The van der Waals surface area contributed by atoms with Crippen LogP contribution in [0.3, 0.4) is 0 Å². The second-order valence-electron chi connectivity index (χ2n) is 5.81. The third-order valence-corrected chi connectivity index (χ3v) is 5.51. The van der Waals surface area contributed by atoms with E-state index in [-0.39, 0.29) is 11.5 Å². The first-order valence-electron chi connectivity index (χ1n) is 7.88. The summed E-state index contributed by atoms with van der Waals surface area (Å²) in [6.45, 7) is 0.350. The van der Waals surface area contributed by atoms with Crippen LogP contribution in [0.25, 0.3) is 21.1 Å². The van der Waals surface area contributed by atoms with Crippen LogP contribution in [0.2, 0.25) is 0 Å². The molecule has 2 aromatic heterocycles. The SMILES string of the molecule is Cn1c(=S)[nH]c2cc(C(=O)NCc3nc4ccccc4s3)ccc2c1=O. The minimum absolute atomic E-state index is 0.190. The van der Waals surface area contributed by atoms with Gasteiger partial charge in [0, 0.05) is 12.6 Å². The molecule has 1 amide bonds. The number of carbonyl (C=O) groups is 1. The third kappa shape index (κ3) is 2.93. The summed E-state index contributed by atoms with van der Waals surface area (Å²) in [6.07, 6.45) is 0. The van der Waals surface area contributed by atoms with Gasteiger partial charge >= 0.3 is 0 Å². The summed E-state index contributed by atoms with van der Waals surface area (Å²) in [7, 11) is 1.61. The molecule has 0 bridgehead atoms. The Labute approximate surface area is 157 Å². The van der Waals surface area contributed by atoms with E-state index in [0.717, 1.165) is 15.2 Å². The fourth-order valence-corrected chi connectivity index (χ4v) is 3.80. The van der Waals surface area contributed by atoms with E-state index in [1.165, 1.54) is 4.57 Å². The second kappa shape index (κ2) is 6.47. The quantitative estimate of drug-likeness (QED) is 0.534. The van der Waals surface area contributed by atoms with Gasteiger partial charge in [0.1, 0.15) is 5.01 Å². The molecule has 0 saturated carbocycles. The van der Waals surface area contributed by atoms with Gasteiger partial charge in [0.15, 0.2) is 4.77 Å². The van der Waals surface area contributed by atoms with E-state index < -0.39 is 0 Å². The van der Waals surface area contributed by atoms with Crippen LogP contribution in [0.15, 0.2) is 47.3 Å². The van der Waals surface area contributed by atoms with Gasteiger partial charge < -0.3 is 10.3 Å². The van der Waals surface area contributed by atoms with Crippen LogP contribution in [-0.2, 0) is 13.6 Å². The summed E-state index contributed by atoms with van der Waals surface area (Å²) in [5.74, 6) is -0.230. The van der Waals surface area contributed by atoms with Gasteiger partial charge in [-0.1, -0.05) is 12.1 Å². The van der Waals surface area contributed by atoms with Gasteiger partial charge in [-0.25, -0.2) is 4.98 Å². The maximum atomic E-state index is 12.5. The summed E-state index contributed by atoms with van der Waals surface area (Å²) >= 11 is 6.68. The topological polar surface area (TPSA) is 79.8 Å². The van der Waals surface area contributed by atoms with Crippen molar-refractivity contribution in [2.45, 2.75) is 6.54 Å². The molecular formula is C18H14N4O2S2. The van der Waals surface area contributed by atoms with Crippen LogP contribution in [0.5, 0.6) is 0 Å². The normalized spacial score (nSPS) is 11.1. The maximum Gasteiger partial charge on any atom is 0.261 e. The van der Waals surface area contributed by atoms with E-state index in [1.54, 1.807) is 36.6 Å². The molecule has 2 heterocycles. The van der Waals surface area contributed by atoms with Crippen molar-refractivity contribution >= 4 is 50.6 Å². The van der Waals surface area contributed by atoms with Gasteiger partial charge in [0.25, 0.3) is 11.5 Å². The minimum atomic E-state index is -0.230. The number of amides is 1. The predicted octanol–water partition coefficient (Wildman–Crippen LogP) is 3.14. The monoisotopic (exact) mass is 382 g/mol. The summed E-state index contributed by atoms with van der Waals surface area (Å²) in [5, 5.41) is 4.20. The van der Waals surface area contributed by atoms with Gasteiger partial charge in [0.05, 0.1) is 27.7 Å². The molecule has 0 spiro atoms. The van der Waals surface area contributed by atoms with Crippen molar-refractivity contribution in [1.82, 2.24) is 19.9 Å².